The topological polar surface area (TPSA) is 46.3 Å². The number of benzene rings is 1. The SMILES string of the molecule is CC(C)N(Cc1ccccc1)C(=O)C(C)(C)CN. The van der Waals surface area contributed by atoms with E-state index >= 15 is 0 Å². The van der Waals surface area contributed by atoms with E-state index in [-0.39, 0.29) is 11.9 Å². The Balaban J connectivity index is 2.88. The number of nitrogens with two attached hydrogens (primary N) is 1. The summed E-state index contributed by atoms with van der Waals surface area (Å²) in [6.45, 7) is 8.87. The molecule has 0 spiro atoms. The van der Waals surface area contributed by atoms with Crippen LogP contribution in [0.25, 0.3) is 0 Å². The van der Waals surface area contributed by atoms with E-state index in [4.69, 9.17) is 5.73 Å². The normalized spacial score (nSPS) is 11.7. The van der Waals surface area contributed by atoms with Crippen LogP contribution in [0.1, 0.15) is 33.3 Å². The summed E-state index contributed by atoms with van der Waals surface area (Å²) in [5.41, 5.74) is 6.34. The van der Waals surface area contributed by atoms with Crippen molar-refractivity contribution < 1.29 is 4.79 Å². The van der Waals surface area contributed by atoms with Gasteiger partial charge in [0.05, 0.1) is 5.41 Å². The average molecular weight is 248 g/mol. The van der Waals surface area contributed by atoms with Crippen LogP contribution in [0, 0.1) is 5.41 Å². The predicted octanol–water partition coefficient (Wildman–Crippen LogP) is 2.41. The van der Waals surface area contributed by atoms with Crippen molar-refractivity contribution in [3.8, 4) is 0 Å². The molecule has 2 N–H and O–H groups in total. The molecule has 0 saturated heterocycles. The average Bonchev–Trinajstić information content (AvgIpc) is 2.36. The summed E-state index contributed by atoms with van der Waals surface area (Å²) in [4.78, 5) is 14.4. The number of hydrogen-bond acceptors (Lipinski definition) is 2. The Kier molecular flexibility index (Phi) is 4.91. The Morgan fingerprint density at radius 1 is 1.28 bits per heavy atom. The Labute approximate surface area is 110 Å². The monoisotopic (exact) mass is 248 g/mol. The first-order chi connectivity index (χ1) is 8.38. The molecule has 0 fully saturated rings. The van der Waals surface area contributed by atoms with Gasteiger partial charge in [0, 0.05) is 19.1 Å². The first-order valence-electron chi connectivity index (χ1n) is 6.43. The first-order valence-corrected chi connectivity index (χ1v) is 6.43. The zero-order chi connectivity index (χ0) is 13.8. The van der Waals surface area contributed by atoms with Gasteiger partial charge in [0.15, 0.2) is 0 Å². The van der Waals surface area contributed by atoms with Gasteiger partial charge in [-0.05, 0) is 33.3 Å². The highest BCUT2D eigenvalue weighted by atomic mass is 16.2. The molecule has 0 bridgehead atoms. The maximum Gasteiger partial charge on any atom is 0.230 e. The molecule has 3 heteroatoms. The Hall–Kier alpha value is -1.35. The van der Waals surface area contributed by atoms with Crippen molar-refractivity contribution >= 4 is 5.91 Å². The standard InChI is InChI=1S/C15H24N2O/c1-12(2)17(14(18)15(3,4)11-16)10-13-8-6-5-7-9-13/h5-9,12H,10-11,16H2,1-4H3. The van der Waals surface area contributed by atoms with Crippen molar-refractivity contribution in [2.75, 3.05) is 6.54 Å². The van der Waals surface area contributed by atoms with Crippen molar-refractivity contribution in [1.82, 2.24) is 4.90 Å². The lowest BCUT2D eigenvalue weighted by molar-refractivity contribution is -0.142. The third-order valence-electron chi connectivity index (χ3n) is 3.17. The van der Waals surface area contributed by atoms with Gasteiger partial charge in [-0.1, -0.05) is 30.3 Å². The van der Waals surface area contributed by atoms with Crippen molar-refractivity contribution in [3.63, 3.8) is 0 Å². The molecule has 3 nitrogen and oxygen atoms in total. The zero-order valence-corrected chi connectivity index (χ0v) is 11.8. The van der Waals surface area contributed by atoms with Gasteiger partial charge in [-0.2, -0.15) is 0 Å². The predicted molar refractivity (Wildman–Crippen MR) is 75.0 cm³/mol. The zero-order valence-electron chi connectivity index (χ0n) is 11.8. The van der Waals surface area contributed by atoms with E-state index in [0.717, 1.165) is 5.56 Å². The summed E-state index contributed by atoms with van der Waals surface area (Å²) in [5, 5.41) is 0. The van der Waals surface area contributed by atoms with Crippen LogP contribution in [0.15, 0.2) is 30.3 Å². The third-order valence-corrected chi connectivity index (χ3v) is 3.17. The largest absolute Gasteiger partial charge is 0.335 e. The highest BCUT2D eigenvalue weighted by Gasteiger charge is 2.31. The number of carbonyl (C=O) groups excluding carboxylic acids is 1. The third kappa shape index (κ3) is 3.57. The molecule has 18 heavy (non-hydrogen) atoms. The molecule has 0 aliphatic heterocycles. The summed E-state index contributed by atoms with van der Waals surface area (Å²) in [6, 6.07) is 10.2. The summed E-state index contributed by atoms with van der Waals surface area (Å²) >= 11 is 0. The van der Waals surface area contributed by atoms with Crippen LogP contribution in [0.5, 0.6) is 0 Å². The van der Waals surface area contributed by atoms with Crippen molar-refractivity contribution in [1.29, 1.82) is 0 Å². The summed E-state index contributed by atoms with van der Waals surface area (Å²) in [5.74, 6) is 0.115. The second kappa shape index (κ2) is 6.01. The molecule has 1 amide bonds. The second-order valence-corrected chi connectivity index (χ2v) is 5.60. The molecule has 0 saturated carbocycles. The summed E-state index contributed by atoms with van der Waals surface area (Å²) < 4.78 is 0. The Bertz CT molecular complexity index is 385. The van der Waals surface area contributed by atoms with Crippen molar-refractivity contribution in [2.45, 2.75) is 40.3 Å². The lowest BCUT2D eigenvalue weighted by Gasteiger charge is -2.34. The van der Waals surface area contributed by atoms with Crippen LogP contribution in [-0.4, -0.2) is 23.4 Å². The van der Waals surface area contributed by atoms with E-state index in [9.17, 15) is 4.79 Å². The fraction of sp³-hybridized carbons (Fsp3) is 0.533. The van der Waals surface area contributed by atoms with Gasteiger partial charge in [0.1, 0.15) is 0 Å². The molecule has 0 aliphatic carbocycles. The highest BCUT2D eigenvalue weighted by Crippen LogP contribution is 2.20. The molecule has 0 aromatic heterocycles. The molecule has 0 unspecified atom stereocenters. The Morgan fingerprint density at radius 2 is 1.83 bits per heavy atom. The minimum absolute atomic E-state index is 0.115. The lowest BCUT2D eigenvalue weighted by Crippen LogP contribution is -2.47. The van der Waals surface area contributed by atoms with E-state index < -0.39 is 5.41 Å². The summed E-state index contributed by atoms with van der Waals surface area (Å²) in [6.07, 6.45) is 0. The van der Waals surface area contributed by atoms with Crippen LogP contribution in [-0.2, 0) is 11.3 Å². The maximum atomic E-state index is 12.5. The van der Waals surface area contributed by atoms with Crippen molar-refractivity contribution in [2.24, 2.45) is 11.1 Å². The van der Waals surface area contributed by atoms with Gasteiger partial charge in [0.2, 0.25) is 5.91 Å². The van der Waals surface area contributed by atoms with E-state index in [0.29, 0.717) is 13.1 Å². The van der Waals surface area contributed by atoms with Gasteiger partial charge >= 0.3 is 0 Å². The quantitative estimate of drug-likeness (QED) is 0.869. The van der Waals surface area contributed by atoms with E-state index in [2.05, 4.69) is 0 Å². The maximum absolute atomic E-state index is 12.5. The minimum atomic E-state index is -0.501. The fourth-order valence-corrected chi connectivity index (χ4v) is 1.75. The molecular formula is C15H24N2O. The molecule has 100 valence electrons. The smallest absolute Gasteiger partial charge is 0.230 e. The molecule has 1 rings (SSSR count). The fourth-order valence-electron chi connectivity index (χ4n) is 1.75. The van der Waals surface area contributed by atoms with Crippen LogP contribution in [0.4, 0.5) is 0 Å². The van der Waals surface area contributed by atoms with E-state index in [1.807, 2.05) is 62.9 Å². The number of hydrogen-bond donors (Lipinski definition) is 1. The van der Waals surface area contributed by atoms with E-state index in [1.54, 1.807) is 0 Å². The number of rotatable bonds is 5. The van der Waals surface area contributed by atoms with Gasteiger partial charge in [-0.15, -0.1) is 0 Å². The second-order valence-electron chi connectivity index (χ2n) is 5.60. The molecule has 0 radical (unpaired) electrons. The van der Waals surface area contributed by atoms with Gasteiger partial charge in [-0.3, -0.25) is 4.79 Å². The number of nitrogens with zero attached hydrogens (tertiary/aromatic N) is 1. The number of amides is 1. The highest BCUT2D eigenvalue weighted by molar-refractivity contribution is 5.82. The molecule has 0 heterocycles. The molecule has 0 atom stereocenters. The molecular weight excluding hydrogens is 224 g/mol. The summed E-state index contributed by atoms with van der Waals surface area (Å²) in [7, 11) is 0. The molecule has 1 aromatic rings. The van der Waals surface area contributed by atoms with Gasteiger partial charge in [-0.25, -0.2) is 0 Å². The van der Waals surface area contributed by atoms with Gasteiger partial charge in [0.25, 0.3) is 0 Å². The molecule has 1 aromatic carbocycles. The molecule has 0 aliphatic rings. The van der Waals surface area contributed by atoms with Gasteiger partial charge < -0.3 is 10.6 Å². The van der Waals surface area contributed by atoms with Crippen molar-refractivity contribution in [3.05, 3.63) is 35.9 Å². The van der Waals surface area contributed by atoms with Crippen LogP contribution in [0.2, 0.25) is 0 Å². The lowest BCUT2D eigenvalue weighted by atomic mass is 9.91. The minimum Gasteiger partial charge on any atom is -0.335 e. The van der Waals surface area contributed by atoms with E-state index in [1.165, 1.54) is 0 Å². The van der Waals surface area contributed by atoms with Crippen LogP contribution < -0.4 is 5.73 Å². The van der Waals surface area contributed by atoms with Crippen LogP contribution in [0.3, 0.4) is 0 Å². The first kappa shape index (κ1) is 14.7. The Morgan fingerprint density at radius 3 is 2.28 bits per heavy atom. The van der Waals surface area contributed by atoms with Crippen LogP contribution >= 0.6 is 0 Å². The number of carbonyl (C=O) groups is 1.